The Bertz CT molecular complexity index is 478. The summed E-state index contributed by atoms with van der Waals surface area (Å²) in [4.78, 5) is 0. The molecule has 0 aromatic carbocycles. The Hall–Kier alpha value is 0.160. The Morgan fingerprint density at radius 2 is 2.14 bits per heavy atom. The average molecular weight is 348 g/mol. The fourth-order valence-corrected chi connectivity index (χ4v) is 6.23. The third-order valence-electron chi connectivity index (χ3n) is 4.31. The molecule has 21 heavy (non-hydrogen) atoms. The van der Waals surface area contributed by atoms with Crippen LogP contribution in [0.4, 0.5) is 0 Å². The number of thioether (sulfide) groups is 2. The van der Waals surface area contributed by atoms with Crippen molar-refractivity contribution in [1.82, 2.24) is 15.1 Å². The van der Waals surface area contributed by atoms with E-state index in [4.69, 9.17) is 11.6 Å². The standard InChI is InChI=1S/C15H26ClN3S2/c1-6-11-15(16)13(19(5)18-11)7-12(17-4)14-8-20-9(2)10(3)21-14/h9-10,12,14,17H,6-8H2,1-5H3. The first-order valence-electron chi connectivity index (χ1n) is 7.62. The van der Waals surface area contributed by atoms with Gasteiger partial charge in [0.15, 0.2) is 0 Å². The third-order valence-corrected chi connectivity index (χ3v) is 8.30. The van der Waals surface area contributed by atoms with Gasteiger partial charge < -0.3 is 5.32 Å². The second-order valence-corrected chi connectivity index (χ2v) is 9.11. The Morgan fingerprint density at radius 1 is 1.43 bits per heavy atom. The van der Waals surface area contributed by atoms with Crippen molar-refractivity contribution in [3.8, 4) is 0 Å². The van der Waals surface area contributed by atoms with E-state index in [0.717, 1.165) is 34.5 Å². The molecular weight excluding hydrogens is 322 g/mol. The molecule has 120 valence electrons. The van der Waals surface area contributed by atoms with Crippen LogP contribution < -0.4 is 5.32 Å². The molecule has 1 aliphatic rings. The predicted octanol–water partition coefficient (Wildman–Crippen LogP) is 3.39. The van der Waals surface area contributed by atoms with Gasteiger partial charge in [0.2, 0.25) is 0 Å². The molecule has 0 aliphatic carbocycles. The van der Waals surface area contributed by atoms with Gasteiger partial charge in [-0.05, 0) is 13.5 Å². The highest BCUT2D eigenvalue weighted by molar-refractivity contribution is 8.07. The summed E-state index contributed by atoms with van der Waals surface area (Å²) in [5.41, 5.74) is 2.17. The number of rotatable bonds is 5. The van der Waals surface area contributed by atoms with Gasteiger partial charge >= 0.3 is 0 Å². The van der Waals surface area contributed by atoms with Crippen LogP contribution >= 0.6 is 35.1 Å². The van der Waals surface area contributed by atoms with E-state index >= 15 is 0 Å². The van der Waals surface area contributed by atoms with Crippen molar-refractivity contribution in [3.05, 3.63) is 16.4 Å². The molecule has 0 bridgehead atoms. The van der Waals surface area contributed by atoms with E-state index in [2.05, 4.69) is 61.8 Å². The van der Waals surface area contributed by atoms with Crippen molar-refractivity contribution in [2.45, 2.75) is 55.4 Å². The number of hydrogen-bond acceptors (Lipinski definition) is 4. The van der Waals surface area contributed by atoms with Gasteiger partial charge in [-0.15, -0.1) is 0 Å². The quantitative estimate of drug-likeness (QED) is 0.884. The zero-order valence-electron chi connectivity index (χ0n) is 13.5. The maximum absolute atomic E-state index is 6.50. The smallest absolute Gasteiger partial charge is 0.0850 e. The molecule has 1 aliphatic heterocycles. The van der Waals surface area contributed by atoms with Gasteiger partial charge in [-0.25, -0.2) is 0 Å². The number of halogens is 1. The molecule has 1 aromatic rings. The van der Waals surface area contributed by atoms with Crippen molar-refractivity contribution < 1.29 is 0 Å². The zero-order valence-corrected chi connectivity index (χ0v) is 15.9. The lowest BCUT2D eigenvalue weighted by Crippen LogP contribution is -2.43. The molecular formula is C15H26ClN3S2. The summed E-state index contributed by atoms with van der Waals surface area (Å²) in [7, 11) is 4.06. The van der Waals surface area contributed by atoms with Crippen LogP contribution in [0.2, 0.25) is 5.02 Å². The summed E-state index contributed by atoms with van der Waals surface area (Å²) in [6.45, 7) is 6.77. The molecule has 1 N–H and O–H groups in total. The lowest BCUT2D eigenvalue weighted by Gasteiger charge is -2.35. The largest absolute Gasteiger partial charge is 0.315 e. The highest BCUT2D eigenvalue weighted by atomic mass is 35.5. The summed E-state index contributed by atoms with van der Waals surface area (Å²) in [5.74, 6) is 1.21. The normalized spacial score (nSPS) is 27.8. The predicted molar refractivity (Wildman–Crippen MR) is 96.9 cm³/mol. The monoisotopic (exact) mass is 347 g/mol. The minimum atomic E-state index is 0.440. The number of aryl methyl sites for hydroxylation is 2. The first-order valence-corrected chi connectivity index (χ1v) is 9.99. The second-order valence-electron chi connectivity index (χ2n) is 5.70. The van der Waals surface area contributed by atoms with E-state index in [1.54, 1.807) is 0 Å². The molecule has 0 spiro atoms. The summed E-state index contributed by atoms with van der Waals surface area (Å²) >= 11 is 10.7. The molecule has 6 heteroatoms. The number of nitrogens with zero attached hydrogens (tertiary/aromatic N) is 2. The van der Waals surface area contributed by atoms with Crippen molar-refractivity contribution in [2.75, 3.05) is 12.8 Å². The highest BCUT2D eigenvalue weighted by Crippen LogP contribution is 2.38. The summed E-state index contributed by atoms with van der Waals surface area (Å²) in [5, 5.41) is 11.0. The SMILES string of the molecule is CCc1nn(C)c(CC(NC)C2CSC(C)C(C)S2)c1Cl. The van der Waals surface area contributed by atoms with Crippen LogP contribution in [0.3, 0.4) is 0 Å². The van der Waals surface area contributed by atoms with E-state index in [-0.39, 0.29) is 0 Å². The first kappa shape index (κ1) is 17.5. The molecule has 0 amide bonds. The number of nitrogens with one attached hydrogen (secondary N) is 1. The van der Waals surface area contributed by atoms with Gasteiger partial charge in [-0.3, -0.25) is 4.68 Å². The molecule has 4 unspecified atom stereocenters. The van der Waals surface area contributed by atoms with Crippen LogP contribution in [0, 0.1) is 0 Å². The van der Waals surface area contributed by atoms with Crippen LogP contribution in [-0.4, -0.2) is 44.4 Å². The van der Waals surface area contributed by atoms with Gasteiger partial charge in [0.25, 0.3) is 0 Å². The van der Waals surface area contributed by atoms with Gasteiger partial charge in [0.05, 0.1) is 16.4 Å². The van der Waals surface area contributed by atoms with Crippen molar-refractivity contribution in [2.24, 2.45) is 7.05 Å². The molecule has 2 heterocycles. The van der Waals surface area contributed by atoms with Gasteiger partial charge in [0.1, 0.15) is 0 Å². The lowest BCUT2D eigenvalue weighted by atomic mass is 10.1. The van der Waals surface area contributed by atoms with Crippen LogP contribution in [0.15, 0.2) is 0 Å². The van der Waals surface area contributed by atoms with Crippen molar-refractivity contribution >= 4 is 35.1 Å². The molecule has 1 fully saturated rings. The summed E-state index contributed by atoms with van der Waals surface area (Å²) in [6, 6.07) is 0.440. The van der Waals surface area contributed by atoms with Crippen LogP contribution in [0.5, 0.6) is 0 Å². The molecule has 0 saturated carbocycles. The molecule has 4 atom stereocenters. The fraction of sp³-hybridized carbons (Fsp3) is 0.800. The fourth-order valence-electron chi connectivity index (χ4n) is 2.69. The number of likely N-dealkylation sites (N-methyl/N-ethyl adjacent to an activating group) is 1. The average Bonchev–Trinajstić information content (AvgIpc) is 2.74. The molecule has 0 radical (unpaired) electrons. The van der Waals surface area contributed by atoms with E-state index in [1.807, 2.05) is 11.7 Å². The first-order chi connectivity index (χ1) is 9.97. The highest BCUT2D eigenvalue weighted by Gasteiger charge is 2.31. The van der Waals surface area contributed by atoms with E-state index in [9.17, 15) is 0 Å². The molecule has 3 nitrogen and oxygen atoms in total. The minimum absolute atomic E-state index is 0.440. The summed E-state index contributed by atoms with van der Waals surface area (Å²) < 4.78 is 1.96. The van der Waals surface area contributed by atoms with Gasteiger partial charge in [-0.2, -0.15) is 28.6 Å². The lowest BCUT2D eigenvalue weighted by molar-refractivity contribution is 0.532. The number of hydrogen-bond donors (Lipinski definition) is 1. The molecule has 2 rings (SSSR count). The number of aromatic nitrogens is 2. The van der Waals surface area contributed by atoms with Gasteiger partial charge in [0, 0.05) is 41.0 Å². The van der Waals surface area contributed by atoms with Gasteiger partial charge in [-0.1, -0.05) is 32.4 Å². The van der Waals surface area contributed by atoms with Crippen molar-refractivity contribution in [3.63, 3.8) is 0 Å². The Kier molecular flexibility index (Phi) is 6.36. The van der Waals surface area contributed by atoms with E-state index in [1.165, 1.54) is 5.75 Å². The van der Waals surface area contributed by atoms with Crippen LogP contribution in [-0.2, 0) is 19.9 Å². The van der Waals surface area contributed by atoms with Crippen LogP contribution in [0.1, 0.15) is 32.2 Å². The second kappa shape index (κ2) is 7.62. The molecule has 1 saturated heterocycles. The maximum atomic E-state index is 6.50. The van der Waals surface area contributed by atoms with E-state index < -0.39 is 0 Å². The maximum Gasteiger partial charge on any atom is 0.0850 e. The zero-order chi connectivity index (χ0) is 15.6. The Morgan fingerprint density at radius 3 is 2.67 bits per heavy atom. The van der Waals surface area contributed by atoms with Crippen LogP contribution in [0.25, 0.3) is 0 Å². The molecule has 1 aromatic heterocycles. The van der Waals surface area contributed by atoms with Crippen molar-refractivity contribution in [1.29, 1.82) is 0 Å². The summed E-state index contributed by atoms with van der Waals surface area (Å²) in [6.07, 6.45) is 1.83. The van der Waals surface area contributed by atoms with E-state index in [0.29, 0.717) is 16.5 Å². The Labute approximate surface area is 142 Å². The Balaban J connectivity index is 2.11. The topological polar surface area (TPSA) is 29.9 Å². The third kappa shape index (κ3) is 3.92. The minimum Gasteiger partial charge on any atom is -0.315 e.